The fraction of sp³-hybridized carbons (Fsp3) is 0.833. The number of carbonyl (C=O) groups is 1. The van der Waals surface area contributed by atoms with E-state index < -0.39 is 0 Å². The Morgan fingerprint density at radius 1 is 1.36 bits per heavy atom. The van der Waals surface area contributed by atoms with E-state index >= 15 is 0 Å². The number of rotatable bonds is 4. The average Bonchev–Trinajstić information content (AvgIpc) is 2.03. The van der Waals surface area contributed by atoms with Crippen molar-refractivity contribution in [2.75, 3.05) is 20.6 Å². The van der Waals surface area contributed by atoms with Gasteiger partial charge in [-0.25, -0.2) is 15.6 Å². The number of amides is 2. The third-order valence-corrected chi connectivity index (χ3v) is 1.18. The normalized spacial score (nSPS) is 9.36. The van der Waals surface area contributed by atoms with Gasteiger partial charge in [0.2, 0.25) is 0 Å². The van der Waals surface area contributed by atoms with Gasteiger partial charge in [-0.2, -0.15) is 5.12 Å². The third kappa shape index (κ3) is 3.79. The average molecular weight is 160 g/mol. The highest BCUT2D eigenvalue weighted by molar-refractivity contribution is 5.72. The van der Waals surface area contributed by atoms with Crippen LogP contribution in [0.3, 0.4) is 0 Å². The van der Waals surface area contributed by atoms with Gasteiger partial charge in [0, 0.05) is 20.6 Å². The highest BCUT2D eigenvalue weighted by atomic mass is 16.2. The van der Waals surface area contributed by atoms with Crippen molar-refractivity contribution in [3.8, 4) is 0 Å². The monoisotopic (exact) mass is 160 g/mol. The highest BCUT2D eigenvalue weighted by Crippen LogP contribution is 1.77. The van der Waals surface area contributed by atoms with Crippen LogP contribution in [0.4, 0.5) is 4.79 Å². The van der Waals surface area contributed by atoms with E-state index in [1.807, 2.05) is 6.92 Å². The summed E-state index contributed by atoms with van der Waals surface area (Å²) >= 11 is 0. The molecular weight excluding hydrogens is 144 g/mol. The van der Waals surface area contributed by atoms with Crippen LogP contribution in [0.15, 0.2) is 0 Å². The van der Waals surface area contributed by atoms with Crippen LogP contribution in [-0.4, -0.2) is 31.8 Å². The van der Waals surface area contributed by atoms with Crippen molar-refractivity contribution < 1.29 is 4.79 Å². The van der Waals surface area contributed by atoms with Gasteiger partial charge in [0.05, 0.1) is 0 Å². The summed E-state index contributed by atoms with van der Waals surface area (Å²) in [5.74, 6) is 0. The molecule has 0 fully saturated rings. The first-order valence-electron chi connectivity index (χ1n) is 3.69. The first kappa shape index (κ1) is 10.2. The minimum Gasteiger partial charge on any atom is -0.336 e. The van der Waals surface area contributed by atoms with Crippen molar-refractivity contribution in [1.82, 2.24) is 21.3 Å². The second kappa shape index (κ2) is 5.94. The molecule has 2 amide bonds. The van der Waals surface area contributed by atoms with Gasteiger partial charge in [-0.1, -0.05) is 6.92 Å². The molecule has 0 aliphatic rings. The van der Waals surface area contributed by atoms with Crippen molar-refractivity contribution in [3.63, 3.8) is 0 Å². The summed E-state index contributed by atoms with van der Waals surface area (Å²) < 4.78 is 0. The molecule has 0 unspecified atom stereocenters. The summed E-state index contributed by atoms with van der Waals surface area (Å²) in [6, 6.07) is -0.170. The van der Waals surface area contributed by atoms with Crippen LogP contribution in [0.5, 0.6) is 0 Å². The number of nitrogens with zero attached hydrogens (tertiary/aromatic N) is 1. The number of hydrazine groups is 2. The van der Waals surface area contributed by atoms with E-state index in [0.29, 0.717) is 6.54 Å². The van der Waals surface area contributed by atoms with Gasteiger partial charge in [0.1, 0.15) is 0 Å². The number of carbonyl (C=O) groups excluding carboxylic acids is 1. The summed E-state index contributed by atoms with van der Waals surface area (Å²) in [7, 11) is 3.34. The van der Waals surface area contributed by atoms with E-state index in [0.717, 1.165) is 6.42 Å². The van der Waals surface area contributed by atoms with Crippen molar-refractivity contribution in [1.29, 1.82) is 0 Å². The van der Waals surface area contributed by atoms with Crippen LogP contribution < -0.4 is 16.2 Å². The Morgan fingerprint density at radius 3 is 2.27 bits per heavy atom. The molecule has 0 aromatic rings. The Balaban J connectivity index is 3.61. The number of urea groups is 1. The molecule has 5 heteroatoms. The Hall–Kier alpha value is -0.810. The molecule has 11 heavy (non-hydrogen) atoms. The fourth-order valence-corrected chi connectivity index (χ4v) is 0.626. The molecule has 0 spiro atoms. The summed E-state index contributed by atoms with van der Waals surface area (Å²) in [5, 5.41) is 3.97. The van der Waals surface area contributed by atoms with E-state index in [2.05, 4.69) is 16.2 Å². The molecule has 0 saturated heterocycles. The number of hydrogen-bond acceptors (Lipinski definition) is 3. The summed E-state index contributed by atoms with van der Waals surface area (Å²) in [5.41, 5.74) is 5.34. The maximum Gasteiger partial charge on any atom is 0.346 e. The predicted octanol–water partition coefficient (Wildman–Crippen LogP) is -0.323. The minimum absolute atomic E-state index is 0.170. The smallest absolute Gasteiger partial charge is 0.336 e. The third-order valence-electron chi connectivity index (χ3n) is 1.18. The first-order chi connectivity index (χ1) is 5.26. The molecule has 0 heterocycles. The van der Waals surface area contributed by atoms with E-state index in [1.54, 1.807) is 14.1 Å². The molecule has 0 aliphatic heterocycles. The Bertz CT molecular complexity index is 113. The lowest BCUT2D eigenvalue weighted by Gasteiger charge is -2.19. The van der Waals surface area contributed by atoms with Gasteiger partial charge in [0.25, 0.3) is 0 Å². The van der Waals surface area contributed by atoms with Gasteiger partial charge >= 0.3 is 6.03 Å². The predicted molar refractivity (Wildman–Crippen MR) is 43.6 cm³/mol. The minimum atomic E-state index is -0.170. The van der Waals surface area contributed by atoms with Crippen LogP contribution in [-0.2, 0) is 0 Å². The molecule has 0 saturated carbocycles. The van der Waals surface area contributed by atoms with Crippen LogP contribution in [0.2, 0.25) is 0 Å². The van der Waals surface area contributed by atoms with Crippen molar-refractivity contribution in [2.45, 2.75) is 13.3 Å². The second-order valence-corrected chi connectivity index (χ2v) is 2.01. The molecule has 3 N–H and O–H groups in total. The Morgan fingerprint density at radius 2 is 1.91 bits per heavy atom. The highest BCUT2D eigenvalue weighted by Gasteiger charge is 2.06. The first-order valence-corrected chi connectivity index (χ1v) is 3.69. The zero-order valence-electron chi connectivity index (χ0n) is 7.27. The zero-order chi connectivity index (χ0) is 8.69. The van der Waals surface area contributed by atoms with Gasteiger partial charge in [-0.05, 0) is 6.42 Å². The van der Waals surface area contributed by atoms with E-state index in [-0.39, 0.29) is 6.03 Å². The number of hydrogen-bond donors (Lipinski definition) is 3. The molecule has 0 bridgehead atoms. The lowest BCUT2D eigenvalue weighted by molar-refractivity contribution is 0.150. The van der Waals surface area contributed by atoms with Gasteiger partial charge in [-0.15, -0.1) is 0 Å². The lowest BCUT2D eigenvalue weighted by atomic mass is 10.5. The van der Waals surface area contributed by atoms with Crippen LogP contribution in [0, 0.1) is 0 Å². The van der Waals surface area contributed by atoms with Crippen LogP contribution in [0.25, 0.3) is 0 Å². The van der Waals surface area contributed by atoms with E-state index in [1.165, 1.54) is 5.12 Å². The Kier molecular flexibility index (Phi) is 5.50. The second-order valence-electron chi connectivity index (χ2n) is 2.01. The number of nitrogens with one attached hydrogen (secondary N) is 3. The molecule has 0 radical (unpaired) electrons. The zero-order valence-corrected chi connectivity index (χ0v) is 7.27. The Labute approximate surface area is 67.1 Å². The van der Waals surface area contributed by atoms with Gasteiger partial charge < -0.3 is 5.32 Å². The summed E-state index contributed by atoms with van der Waals surface area (Å²) in [6.07, 6.45) is 0.938. The van der Waals surface area contributed by atoms with Gasteiger partial charge in [0.15, 0.2) is 0 Å². The van der Waals surface area contributed by atoms with Crippen molar-refractivity contribution >= 4 is 6.03 Å². The van der Waals surface area contributed by atoms with Crippen molar-refractivity contribution in [3.05, 3.63) is 0 Å². The molecule has 5 nitrogen and oxygen atoms in total. The molecular formula is C6H16N4O. The molecule has 66 valence electrons. The fourth-order valence-electron chi connectivity index (χ4n) is 0.626. The molecule has 0 aliphatic carbocycles. The van der Waals surface area contributed by atoms with Crippen molar-refractivity contribution in [2.24, 2.45) is 0 Å². The molecule has 0 aromatic heterocycles. The standard InChI is InChI=1S/C6H16N4O/c1-4-5-9-6(11)10(7-2)8-3/h7-8H,4-5H2,1-3H3,(H,9,11). The SMILES string of the molecule is CCCNC(=O)N(NC)NC. The largest absolute Gasteiger partial charge is 0.346 e. The topological polar surface area (TPSA) is 56.4 Å². The van der Waals surface area contributed by atoms with E-state index in [4.69, 9.17) is 0 Å². The maximum atomic E-state index is 11.1. The van der Waals surface area contributed by atoms with E-state index in [9.17, 15) is 4.79 Å². The lowest BCUT2D eigenvalue weighted by Crippen LogP contribution is -2.53. The summed E-state index contributed by atoms with van der Waals surface area (Å²) in [4.78, 5) is 11.1. The summed E-state index contributed by atoms with van der Waals surface area (Å²) in [6.45, 7) is 2.70. The molecule has 0 atom stereocenters. The van der Waals surface area contributed by atoms with Gasteiger partial charge in [-0.3, -0.25) is 0 Å². The van der Waals surface area contributed by atoms with Crippen LogP contribution in [0.1, 0.15) is 13.3 Å². The quantitative estimate of drug-likeness (QED) is 0.494. The molecule has 0 aromatic carbocycles. The molecule has 0 rings (SSSR count). The maximum absolute atomic E-state index is 11.1. The van der Waals surface area contributed by atoms with Crippen LogP contribution >= 0.6 is 0 Å².